The summed E-state index contributed by atoms with van der Waals surface area (Å²) in [4.78, 5) is 0.532. The van der Waals surface area contributed by atoms with Crippen molar-refractivity contribution in [3.63, 3.8) is 0 Å². The average Bonchev–Trinajstić information content (AvgIpc) is 2.47. The number of anilines is 1. The summed E-state index contributed by atoms with van der Waals surface area (Å²) in [6.07, 6.45) is 0.804. The van der Waals surface area contributed by atoms with Gasteiger partial charge in [0, 0.05) is 10.6 Å². The minimum Gasteiger partial charge on any atom is -0.508 e. The summed E-state index contributed by atoms with van der Waals surface area (Å²) in [5.74, 6) is -2.23. The first-order chi connectivity index (χ1) is 10.1. The number of rotatable bonds is 6. The van der Waals surface area contributed by atoms with Crippen molar-refractivity contribution >= 4 is 17.4 Å². The molecule has 2 N–H and O–H groups in total. The number of hydrogen-bond acceptors (Lipinski definition) is 3. The van der Waals surface area contributed by atoms with E-state index in [9.17, 15) is 13.9 Å². The van der Waals surface area contributed by atoms with Gasteiger partial charge in [-0.3, -0.25) is 0 Å². The van der Waals surface area contributed by atoms with Crippen molar-refractivity contribution < 1.29 is 13.9 Å². The van der Waals surface area contributed by atoms with E-state index in [1.165, 1.54) is 0 Å². The summed E-state index contributed by atoms with van der Waals surface area (Å²) in [6.45, 7) is 2.02. The Kier molecular flexibility index (Phi) is 5.44. The van der Waals surface area contributed by atoms with E-state index >= 15 is 0 Å². The first-order valence-electron chi connectivity index (χ1n) is 6.69. The summed E-state index contributed by atoms with van der Waals surface area (Å²) in [7, 11) is 0. The first kappa shape index (κ1) is 15.6. The van der Waals surface area contributed by atoms with Crippen molar-refractivity contribution in [3.05, 3.63) is 54.1 Å². The van der Waals surface area contributed by atoms with Gasteiger partial charge in [-0.2, -0.15) is 8.78 Å². The molecule has 0 bridgehead atoms. The Balaban J connectivity index is 2.20. The van der Waals surface area contributed by atoms with Crippen LogP contribution < -0.4 is 5.32 Å². The molecular weight excluding hydrogens is 292 g/mol. The minimum absolute atomic E-state index is 0.00465. The molecule has 112 valence electrons. The number of nitrogens with one attached hydrogen (secondary N) is 1. The highest BCUT2D eigenvalue weighted by molar-refractivity contribution is 7.99. The van der Waals surface area contributed by atoms with E-state index in [0.717, 1.165) is 12.0 Å². The molecule has 2 aromatic rings. The van der Waals surface area contributed by atoms with E-state index in [1.807, 2.05) is 25.1 Å². The summed E-state index contributed by atoms with van der Waals surface area (Å²) < 4.78 is 25.2. The second-order valence-corrected chi connectivity index (χ2v) is 5.60. The monoisotopic (exact) mass is 309 g/mol. The zero-order valence-corrected chi connectivity index (χ0v) is 12.4. The standard InChI is InChI=1S/C16H17F2NOS/c1-2-13(11-7-9-12(20)10-8-11)19-14-5-3-4-6-15(14)21-16(17)18/h3-10,13,16,19-20H,2H2,1H3. The van der Waals surface area contributed by atoms with Gasteiger partial charge in [0.25, 0.3) is 5.76 Å². The van der Waals surface area contributed by atoms with Gasteiger partial charge in [-0.05, 0) is 36.2 Å². The molecule has 0 spiro atoms. The van der Waals surface area contributed by atoms with Crippen LogP contribution >= 0.6 is 11.8 Å². The highest BCUT2D eigenvalue weighted by atomic mass is 32.2. The summed E-state index contributed by atoms with van der Waals surface area (Å²) in [6, 6.07) is 14.0. The smallest absolute Gasteiger partial charge is 0.288 e. The molecule has 2 rings (SSSR count). The molecule has 5 heteroatoms. The van der Waals surface area contributed by atoms with Gasteiger partial charge in [0.05, 0.1) is 6.04 Å². The van der Waals surface area contributed by atoms with E-state index in [0.29, 0.717) is 22.3 Å². The van der Waals surface area contributed by atoms with Crippen molar-refractivity contribution in [1.82, 2.24) is 0 Å². The Morgan fingerprint density at radius 3 is 2.38 bits per heavy atom. The fourth-order valence-corrected chi connectivity index (χ4v) is 2.70. The predicted octanol–water partition coefficient (Wildman–Crippen LogP) is 5.27. The van der Waals surface area contributed by atoms with Gasteiger partial charge in [0.15, 0.2) is 0 Å². The summed E-state index contributed by atoms with van der Waals surface area (Å²) >= 11 is 0.539. The molecule has 0 aliphatic carbocycles. The van der Waals surface area contributed by atoms with Crippen molar-refractivity contribution in [2.45, 2.75) is 30.0 Å². The molecule has 0 fully saturated rings. The largest absolute Gasteiger partial charge is 0.508 e. The molecule has 0 saturated heterocycles. The molecule has 0 heterocycles. The lowest BCUT2D eigenvalue weighted by molar-refractivity contribution is 0.252. The number of halogens is 2. The molecule has 2 aromatic carbocycles. The van der Waals surface area contributed by atoms with Gasteiger partial charge >= 0.3 is 0 Å². The zero-order valence-electron chi connectivity index (χ0n) is 11.6. The van der Waals surface area contributed by atoms with E-state index in [2.05, 4.69) is 5.32 Å². The lowest BCUT2D eigenvalue weighted by Gasteiger charge is -2.20. The minimum atomic E-state index is -2.44. The normalized spacial score (nSPS) is 12.4. The second-order valence-electron chi connectivity index (χ2n) is 4.57. The van der Waals surface area contributed by atoms with Crippen LogP contribution in [0.25, 0.3) is 0 Å². The third-order valence-corrected chi connectivity index (χ3v) is 3.92. The molecule has 0 amide bonds. The quantitative estimate of drug-likeness (QED) is 0.713. The van der Waals surface area contributed by atoms with Crippen molar-refractivity contribution in [2.24, 2.45) is 0 Å². The lowest BCUT2D eigenvalue weighted by Crippen LogP contribution is -2.10. The van der Waals surface area contributed by atoms with E-state index in [1.54, 1.807) is 30.3 Å². The highest BCUT2D eigenvalue weighted by Gasteiger charge is 2.14. The van der Waals surface area contributed by atoms with E-state index in [4.69, 9.17) is 0 Å². The maximum absolute atomic E-state index is 12.6. The van der Waals surface area contributed by atoms with Gasteiger partial charge in [0.2, 0.25) is 0 Å². The van der Waals surface area contributed by atoms with Crippen LogP contribution in [0.5, 0.6) is 5.75 Å². The Hall–Kier alpha value is -1.75. The number of phenolic OH excluding ortho intramolecular Hbond substituents is 1. The maximum Gasteiger partial charge on any atom is 0.288 e. The van der Waals surface area contributed by atoms with Crippen molar-refractivity contribution in [2.75, 3.05) is 5.32 Å². The van der Waals surface area contributed by atoms with Crippen LogP contribution in [0.3, 0.4) is 0 Å². The number of aromatic hydroxyl groups is 1. The molecule has 0 aliphatic heterocycles. The Labute approximate surface area is 127 Å². The third kappa shape index (κ3) is 4.36. The van der Waals surface area contributed by atoms with Gasteiger partial charge in [-0.1, -0.05) is 43.0 Å². The van der Waals surface area contributed by atoms with Crippen LogP contribution in [-0.4, -0.2) is 10.9 Å². The van der Waals surface area contributed by atoms with E-state index in [-0.39, 0.29) is 11.8 Å². The third-order valence-electron chi connectivity index (χ3n) is 3.14. The van der Waals surface area contributed by atoms with E-state index < -0.39 is 5.76 Å². The van der Waals surface area contributed by atoms with Crippen molar-refractivity contribution in [1.29, 1.82) is 0 Å². The molecule has 21 heavy (non-hydrogen) atoms. The topological polar surface area (TPSA) is 32.3 Å². The Morgan fingerprint density at radius 1 is 1.10 bits per heavy atom. The predicted molar refractivity (Wildman–Crippen MR) is 83.1 cm³/mol. The van der Waals surface area contributed by atoms with Crippen LogP contribution in [0.1, 0.15) is 24.9 Å². The van der Waals surface area contributed by atoms with Crippen LogP contribution in [0, 0.1) is 0 Å². The van der Waals surface area contributed by atoms with Gasteiger partial charge in [-0.15, -0.1) is 0 Å². The molecule has 1 atom stereocenters. The first-order valence-corrected chi connectivity index (χ1v) is 7.57. The van der Waals surface area contributed by atoms with Gasteiger partial charge < -0.3 is 10.4 Å². The molecule has 0 aromatic heterocycles. The molecular formula is C16H17F2NOS. The molecule has 0 saturated carbocycles. The molecule has 0 aliphatic rings. The van der Waals surface area contributed by atoms with Gasteiger partial charge in [0.1, 0.15) is 5.75 Å². The number of para-hydroxylation sites is 1. The number of phenols is 1. The highest BCUT2D eigenvalue weighted by Crippen LogP contribution is 2.34. The zero-order chi connectivity index (χ0) is 15.2. The molecule has 2 nitrogen and oxygen atoms in total. The number of alkyl halides is 2. The number of hydrogen-bond donors (Lipinski definition) is 2. The van der Waals surface area contributed by atoms with Crippen LogP contribution in [0.15, 0.2) is 53.4 Å². The maximum atomic E-state index is 12.6. The Morgan fingerprint density at radius 2 is 1.76 bits per heavy atom. The SMILES string of the molecule is CCC(Nc1ccccc1SC(F)F)c1ccc(O)cc1. The van der Waals surface area contributed by atoms with Crippen LogP contribution in [0.2, 0.25) is 0 Å². The summed E-state index contributed by atoms with van der Waals surface area (Å²) in [5, 5.41) is 12.6. The second kappa shape index (κ2) is 7.31. The lowest BCUT2D eigenvalue weighted by atomic mass is 10.0. The van der Waals surface area contributed by atoms with Crippen molar-refractivity contribution in [3.8, 4) is 5.75 Å². The fourth-order valence-electron chi connectivity index (χ4n) is 2.10. The van der Waals surface area contributed by atoms with Gasteiger partial charge in [-0.25, -0.2) is 0 Å². The van der Waals surface area contributed by atoms with Crippen LogP contribution in [-0.2, 0) is 0 Å². The Bertz CT molecular complexity index is 575. The fraction of sp³-hybridized carbons (Fsp3) is 0.250. The average molecular weight is 309 g/mol. The molecule has 1 unspecified atom stereocenters. The number of benzene rings is 2. The molecule has 0 radical (unpaired) electrons. The van der Waals surface area contributed by atoms with Crippen LogP contribution in [0.4, 0.5) is 14.5 Å². The summed E-state index contributed by atoms with van der Waals surface area (Å²) in [5.41, 5.74) is 1.70. The number of thioether (sulfide) groups is 1.